The summed E-state index contributed by atoms with van der Waals surface area (Å²) in [6.45, 7) is 5.07. The van der Waals surface area contributed by atoms with Crippen LogP contribution in [0.4, 0.5) is 13.2 Å². The van der Waals surface area contributed by atoms with Crippen LogP contribution in [0.2, 0.25) is 0 Å². The number of halogens is 3. The van der Waals surface area contributed by atoms with Gasteiger partial charge < -0.3 is 23.8 Å². The molecular weight excluding hydrogens is 606 g/mol. The highest BCUT2D eigenvalue weighted by atomic mass is 31.2. The minimum absolute atomic E-state index is 0.0537. The van der Waals surface area contributed by atoms with Crippen LogP contribution in [-0.2, 0) is 39.1 Å². The Balaban J connectivity index is 1.74. The van der Waals surface area contributed by atoms with Gasteiger partial charge in [0.25, 0.3) is 5.56 Å². The maximum Gasteiger partial charge on any atom is 0.459 e. The summed E-state index contributed by atoms with van der Waals surface area (Å²) < 4.78 is 80.3. The van der Waals surface area contributed by atoms with Crippen molar-refractivity contribution in [2.75, 3.05) is 6.61 Å². The standard InChI is InChI=1S/C25H31F3N3O11P/c1-13(2)39-23(35)15(4)40-22(34)14(3)30-43(37,42-16-8-6-5-7-9-16)38-12-19-18(32)10-20(41-19)31-11-17(25(26,27)28)21(33)29-24(31)36/h5-9,11,13-15,18-20,32H,10,12H2,1-4H3,(H,30,37)(H,29,33,36)/t14-,15-,18-,19+,20+,43?/m0/s1. The van der Waals surface area contributed by atoms with Gasteiger partial charge in [-0.3, -0.25) is 23.7 Å². The first kappa shape index (κ1) is 34.0. The summed E-state index contributed by atoms with van der Waals surface area (Å²) in [5.41, 5.74) is -4.51. The van der Waals surface area contributed by atoms with Gasteiger partial charge in [-0.05, 0) is 39.8 Å². The van der Waals surface area contributed by atoms with Crippen molar-refractivity contribution in [3.63, 3.8) is 0 Å². The van der Waals surface area contributed by atoms with Crippen molar-refractivity contribution >= 4 is 19.7 Å². The molecule has 2 aromatic rings. The molecule has 3 N–H and O–H groups in total. The zero-order chi connectivity index (χ0) is 32.1. The van der Waals surface area contributed by atoms with Gasteiger partial charge in [-0.2, -0.15) is 18.3 Å². The summed E-state index contributed by atoms with van der Waals surface area (Å²) in [4.78, 5) is 50.0. The van der Waals surface area contributed by atoms with Gasteiger partial charge >= 0.3 is 31.6 Å². The van der Waals surface area contributed by atoms with E-state index in [0.29, 0.717) is 4.57 Å². The van der Waals surface area contributed by atoms with Crippen LogP contribution >= 0.6 is 7.75 Å². The van der Waals surface area contributed by atoms with Crippen LogP contribution in [0.5, 0.6) is 5.75 Å². The highest BCUT2D eigenvalue weighted by molar-refractivity contribution is 7.52. The van der Waals surface area contributed by atoms with Crippen molar-refractivity contribution in [3.8, 4) is 5.75 Å². The van der Waals surface area contributed by atoms with E-state index in [2.05, 4.69) is 5.09 Å². The lowest BCUT2D eigenvalue weighted by atomic mass is 10.2. The lowest BCUT2D eigenvalue weighted by molar-refractivity contribution is -0.169. The van der Waals surface area contributed by atoms with E-state index in [9.17, 15) is 42.0 Å². The number of alkyl halides is 3. The fraction of sp³-hybridized carbons (Fsp3) is 0.520. The molecule has 14 nitrogen and oxygen atoms in total. The summed E-state index contributed by atoms with van der Waals surface area (Å²) in [7, 11) is -4.48. The van der Waals surface area contributed by atoms with E-state index in [1.54, 1.807) is 37.0 Å². The smallest absolute Gasteiger partial charge is 0.459 e. The van der Waals surface area contributed by atoms with Gasteiger partial charge in [0.2, 0.25) is 0 Å². The molecule has 1 fully saturated rings. The van der Waals surface area contributed by atoms with Gasteiger partial charge in [0.15, 0.2) is 6.10 Å². The molecule has 0 saturated carbocycles. The number of carbonyl (C=O) groups is 2. The van der Waals surface area contributed by atoms with Crippen LogP contribution in [0.3, 0.4) is 0 Å². The van der Waals surface area contributed by atoms with Crippen LogP contribution in [0.15, 0.2) is 46.1 Å². The molecule has 0 bridgehead atoms. The Hall–Kier alpha value is -3.50. The number of benzene rings is 1. The molecule has 0 spiro atoms. The van der Waals surface area contributed by atoms with E-state index in [0.717, 1.165) is 0 Å². The van der Waals surface area contributed by atoms with E-state index in [1.807, 2.05) is 0 Å². The molecule has 43 heavy (non-hydrogen) atoms. The van der Waals surface area contributed by atoms with Gasteiger partial charge in [0.1, 0.15) is 29.7 Å². The van der Waals surface area contributed by atoms with E-state index in [-0.39, 0.29) is 18.4 Å². The molecule has 0 aliphatic carbocycles. The molecule has 1 saturated heterocycles. The molecule has 1 aliphatic rings. The molecule has 1 aromatic carbocycles. The molecule has 18 heteroatoms. The first-order chi connectivity index (χ1) is 20.0. The van der Waals surface area contributed by atoms with Gasteiger partial charge in [0.05, 0.1) is 18.8 Å². The first-order valence-electron chi connectivity index (χ1n) is 12.9. The average molecular weight is 638 g/mol. The third-order valence-electron chi connectivity index (χ3n) is 5.85. The molecule has 0 radical (unpaired) electrons. The fourth-order valence-corrected chi connectivity index (χ4v) is 5.26. The monoisotopic (exact) mass is 637 g/mol. The number of ether oxygens (including phenoxy) is 3. The number of hydrogen-bond donors (Lipinski definition) is 3. The number of rotatable bonds is 12. The SMILES string of the molecule is CC(C)OC(=O)[C@H](C)OC(=O)[C@H](C)NP(=O)(OC[C@H]1O[C@@H](n2cc(C(F)(F)F)c(=O)[nH]c2=O)C[C@@H]1O)Oc1ccccc1. The van der Waals surface area contributed by atoms with Crippen molar-refractivity contribution in [1.29, 1.82) is 0 Å². The Morgan fingerprint density at radius 2 is 1.79 bits per heavy atom. The number of carbonyl (C=O) groups excluding carboxylic acids is 2. The Labute approximate surface area is 242 Å². The van der Waals surface area contributed by atoms with Gasteiger partial charge in [-0.25, -0.2) is 14.2 Å². The summed E-state index contributed by atoms with van der Waals surface area (Å²) in [5, 5.41) is 12.9. The number of aromatic amines is 1. The number of aliphatic hydroxyl groups is 1. The van der Waals surface area contributed by atoms with E-state index in [1.165, 1.54) is 26.0 Å². The molecule has 0 amide bonds. The molecule has 2 heterocycles. The number of hydrogen-bond acceptors (Lipinski definition) is 11. The lowest BCUT2D eigenvalue weighted by Gasteiger charge is -2.25. The minimum atomic E-state index is -5.07. The number of aromatic nitrogens is 2. The van der Waals surface area contributed by atoms with Crippen LogP contribution in [0, 0.1) is 0 Å². The quantitative estimate of drug-likeness (QED) is 0.228. The van der Waals surface area contributed by atoms with Crippen molar-refractivity contribution < 1.29 is 55.7 Å². The van der Waals surface area contributed by atoms with Crippen LogP contribution in [-0.4, -0.2) is 63.7 Å². The molecule has 1 aromatic heterocycles. The highest BCUT2D eigenvalue weighted by Crippen LogP contribution is 2.46. The molecular formula is C25H31F3N3O11P. The van der Waals surface area contributed by atoms with E-state index < -0.39 is 86.0 Å². The first-order valence-corrected chi connectivity index (χ1v) is 14.5. The van der Waals surface area contributed by atoms with E-state index in [4.69, 9.17) is 23.3 Å². The summed E-state index contributed by atoms with van der Waals surface area (Å²) in [6.07, 6.45) is -11.1. The van der Waals surface area contributed by atoms with Crippen LogP contribution in [0.25, 0.3) is 0 Å². The number of nitrogens with one attached hydrogen (secondary N) is 2. The zero-order valence-electron chi connectivity index (χ0n) is 23.4. The highest BCUT2D eigenvalue weighted by Gasteiger charge is 2.41. The Morgan fingerprint density at radius 3 is 2.40 bits per heavy atom. The molecule has 6 atom stereocenters. The van der Waals surface area contributed by atoms with Crippen LogP contribution < -0.4 is 20.9 Å². The van der Waals surface area contributed by atoms with Gasteiger partial charge in [-0.15, -0.1) is 0 Å². The fourth-order valence-electron chi connectivity index (χ4n) is 3.76. The van der Waals surface area contributed by atoms with E-state index >= 15 is 0 Å². The molecule has 238 valence electrons. The molecule has 1 aliphatic heterocycles. The maximum atomic E-state index is 13.7. The Kier molecular flexibility index (Phi) is 11.0. The van der Waals surface area contributed by atoms with Crippen LogP contribution in [0.1, 0.15) is 45.9 Å². The Morgan fingerprint density at radius 1 is 1.14 bits per heavy atom. The number of aliphatic hydroxyl groups excluding tert-OH is 1. The normalized spacial score (nSPS) is 21.6. The summed E-state index contributed by atoms with van der Waals surface area (Å²) in [6, 6.07) is 6.27. The molecule has 3 rings (SSSR count). The van der Waals surface area contributed by atoms with Gasteiger partial charge in [0, 0.05) is 12.6 Å². The lowest BCUT2D eigenvalue weighted by Crippen LogP contribution is -2.39. The predicted molar refractivity (Wildman–Crippen MR) is 141 cm³/mol. The maximum absolute atomic E-state index is 13.7. The number of esters is 2. The predicted octanol–water partition coefficient (Wildman–Crippen LogP) is 2.27. The second-order valence-corrected chi connectivity index (χ2v) is 11.4. The van der Waals surface area contributed by atoms with Crippen molar-refractivity contribution in [2.24, 2.45) is 0 Å². The second kappa shape index (κ2) is 13.9. The zero-order valence-corrected chi connectivity index (χ0v) is 24.3. The number of nitrogens with zero attached hydrogens (tertiary/aromatic N) is 1. The molecule has 1 unspecified atom stereocenters. The van der Waals surface area contributed by atoms with Crippen molar-refractivity contribution in [3.05, 3.63) is 62.9 Å². The third kappa shape index (κ3) is 9.24. The average Bonchev–Trinajstić information content (AvgIpc) is 3.26. The second-order valence-electron chi connectivity index (χ2n) is 9.75. The van der Waals surface area contributed by atoms with Crippen molar-refractivity contribution in [2.45, 2.75) is 77.0 Å². The van der Waals surface area contributed by atoms with Crippen molar-refractivity contribution in [1.82, 2.24) is 14.6 Å². The third-order valence-corrected chi connectivity index (χ3v) is 7.49. The van der Waals surface area contributed by atoms with Gasteiger partial charge in [-0.1, -0.05) is 18.2 Å². The summed E-state index contributed by atoms with van der Waals surface area (Å²) in [5.74, 6) is -1.76. The minimum Gasteiger partial charge on any atom is -0.460 e. The largest absolute Gasteiger partial charge is 0.460 e. The number of H-pyrrole nitrogens is 1. The summed E-state index contributed by atoms with van der Waals surface area (Å²) >= 11 is 0. The number of para-hydroxylation sites is 1. The Bertz CT molecular complexity index is 1450. The topological polar surface area (TPSA) is 184 Å².